The van der Waals surface area contributed by atoms with Gasteiger partial charge < -0.3 is 23.8 Å². The zero-order valence-corrected chi connectivity index (χ0v) is 11.8. The summed E-state index contributed by atoms with van der Waals surface area (Å²) >= 11 is 0. The maximum atomic E-state index is 8.65. The van der Waals surface area contributed by atoms with Crippen molar-refractivity contribution in [2.75, 3.05) is 19.8 Å². The summed E-state index contributed by atoms with van der Waals surface area (Å²) in [5, 5.41) is 8.65. The number of nitrogens with zero attached hydrogens (tertiary/aromatic N) is 2. The van der Waals surface area contributed by atoms with Gasteiger partial charge in [0.15, 0.2) is 0 Å². The molecule has 0 N–H and O–H groups in total. The van der Waals surface area contributed by atoms with E-state index >= 15 is 0 Å². The minimum Gasteiger partial charge on any atom is -0.370 e. The third-order valence-electron chi connectivity index (χ3n) is 3.50. The van der Waals surface area contributed by atoms with Gasteiger partial charge in [0.2, 0.25) is 6.54 Å². The summed E-state index contributed by atoms with van der Waals surface area (Å²) in [6.45, 7) is 11.9. The molecule has 0 radical (unpaired) electrons. The van der Waals surface area contributed by atoms with Gasteiger partial charge in [-0.05, 0) is 13.8 Å². The average Bonchev–Trinajstić information content (AvgIpc) is 2.95. The van der Waals surface area contributed by atoms with Crippen LogP contribution in [-0.2, 0) is 18.9 Å². The maximum absolute atomic E-state index is 8.65. The van der Waals surface area contributed by atoms with Gasteiger partial charge in [0.1, 0.15) is 30.5 Å². The predicted octanol–water partition coefficient (Wildman–Crippen LogP) is 1.16. The number of fused-ring (bicyclic) bond motifs is 1. The van der Waals surface area contributed by atoms with Crippen LogP contribution in [-0.4, -0.2) is 56.4 Å². The van der Waals surface area contributed by atoms with E-state index in [-0.39, 0.29) is 36.6 Å². The smallest absolute Gasteiger partial charge is 0.240 e. The number of hydrogen-bond donors (Lipinski definition) is 0. The molecule has 0 aromatic carbocycles. The molecule has 2 aliphatic heterocycles. The lowest BCUT2D eigenvalue weighted by molar-refractivity contribution is -0.0777. The van der Waals surface area contributed by atoms with Crippen LogP contribution in [0.2, 0.25) is 0 Å². The highest BCUT2D eigenvalue weighted by atomic mass is 16.6. The summed E-state index contributed by atoms with van der Waals surface area (Å²) in [6.07, 6.45) is -0.457. The van der Waals surface area contributed by atoms with E-state index in [1.165, 1.54) is 0 Å². The van der Waals surface area contributed by atoms with Gasteiger partial charge in [-0.3, -0.25) is 0 Å². The Hall–Kier alpha value is -1.18. The van der Waals surface area contributed by atoms with Crippen LogP contribution in [0.25, 0.3) is 4.85 Å². The highest BCUT2D eigenvalue weighted by Gasteiger charge is 2.49. The van der Waals surface area contributed by atoms with Crippen LogP contribution in [0, 0.1) is 17.9 Å². The molecule has 4 unspecified atom stereocenters. The zero-order chi connectivity index (χ0) is 14.5. The normalized spacial score (nSPS) is 35.0. The largest absolute Gasteiger partial charge is 0.370 e. The van der Waals surface area contributed by atoms with Crippen LogP contribution in [0.5, 0.6) is 0 Å². The first-order valence-corrected chi connectivity index (χ1v) is 6.90. The predicted molar refractivity (Wildman–Crippen MR) is 69.8 cm³/mol. The molecule has 2 rings (SSSR count). The van der Waals surface area contributed by atoms with Crippen molar-refractivity contribution in [1.82, 2.24) is 0 Å². The summed E-state index contributed by atoms with van der Waals surface area (Å²) in [7, 11) is 0. The first kappa shape index (κ1) is 15.2. The quantitative estimate of drug-likeness (QED) is 0.683. The Morgan fingerprint density at radius 3 is 2.25 bits per heavy atom. The van der Waals surface area contributed by atoms with Gasteiger partial charge >= 0.3 is 0 Å². The van der Waals surface area contributed by atoms with Gasteiger partial charge in [-0.25, -0.2) is 6.57 Å². The molecule has 6 heteroatoms. The van der Waals surface area contributed by atoms with Gasteiger partial charge in [0.05, 0.1) is 31.8 Å². The molecule has 0 amide bonds. The molecule has 6 nitrogen and oxygen atoms in total. The van der Waals surface area contributed by atoms with Gasteiger partial charge in [-0.1, -0.05) is 0 Å². The third kappa shape index (κ3) is 3.47. The molecule has 110 valence electrons. The molecule has 0 aromatic heterocycles. The van der Waals surface area contributed by atoms with E-state index in [9.17, 15) is 0 Å². The second-order valence-corrected chi connectivity index (χ2v) is 5.27. The Bertz CT molecular complexity index is 365. The van der Waals surface area contributed by atoms with E-state index in [0.29, 0.717) is 26.2 Å². The molecule has 0 bridgehead atoms. The van der Waals surface area contributed by atoms with E-state index in [4.69, 9.17) is 30.8 Å². The Morgan fingerprint density at radius 2 is 1.75 bits per heavy atom. The molecule has 0 aromatic rings. The van der Waals surface area contributed by atoms with E-state index < -0.39 is 0 Å². The van der Waals surface area contributed by atoms with Crippen molar-refractivity contribution in [3.8, 4) is 6.07 Å². The Balaban J connectivity index is 1.85. The lowest BCUT2D eigenvalue weighted by Crippen LogP contribution is -2.36. The number of hydrogen-bond acceptors (Lipinski definition) is 5. The second-order valence-electron chi connectivity index (χ2n) is 5.27. The van der Waals surface area contributed by atoms with Crippen LogP contribution in [0.3, 0.4) is 0 Å². The second kappa shape index (κ2) is 7.01. The standard InChI is InChI=1S/C14H20N2O4/c1-9(4-5-15)19-11-7-17-14-12(8-18-13(11)14)20-10(2)6-16-3/h9-14H,4,6-8H2,1-2H3/t9?,10?,11-,12-,13?,14?/m1/s1. The zero-order valence-electron chi connectivity index (χ0n) is 11.8. The molecular weight excluding hydrogens is 260 g/mol. The average molecular weight is 280 g/mol. The van der Waals surface area contributed by atoms with Gasteiger partial charge in [-0.15, -0.1) is 0 Å². The van der Waals surface area contributed by atoms with Crippen LogP contribution >= 0.6 is 0 Å². The topological polar surface area (TPSA) is 65.1 Å². The molecule has 2 fully saturated rings. The van der Waals surface area contributed by atoms with Crippen molar-refractivity contribution in [1.29, 1.82) is 5.26 Å². The van der Waals surface area contributed by atoms with Crippen molar-refractivity contribution in [3.05, 3.63) is 11.4 Å². The molecule has 2 heterocycles. The van der Waals surface area contributed by atoms with E-state index in [0.717, 1.165) is 0 Å². The van der Waals surface area contributed by atoms with Crippen molar-refractivity contribution >= 4 is 0 Å². The van der Waals surface area contributed by atoms with Gasteiger partial charge in [-0.2, -0.15) is 5.26 Å². The molecule has 2 aliphatic rings. The monoisotopic (exact) mass is 280 g/mol. The summed E-state index contributed by atoms with van der Waals surface area (Å²) in [5.41, 5.74) is 0. The first-order valence-electron chi connectivity index (χ1n) is 6.90. The minimum atomic E-state index is -0.145. The van der Waals surface area contributed by atoms with E-state index in [1.807, 2.05) is 13.8 Å². The highest BCUT2D eigenvalue weighted by Crippen LogP contribution is 2.31. The SMILES string of the molecule is [C-]#[N+]CC(C)O[C@@H]1COC2C1OC[C@H]2OC(C)CC#N. The van der Waals surface area contributed by atoms with Crippen molar-refractivity contribution in [3.63, 3.8) is 0 Å². The first-order chi connectivity index (χ1) is 9.65. The Morgan fingerprint density at radius 1 is 1.20 bits per heavy atom. The third-order valence-corrected chi connectivity index (χ3v) is 3.50. The Kier molecular flexibility index (Phi) is 5.33. The molecule has 6 atom stereocenters. The fourth-order valence-corrected chi connectivity index (χ4v) is 2.61. The van der Waals surface area contributed by atoms with Crippen LogP contribution in [0.1, 0.15) is 20.3 Å². The van der Waals surface area contributed by atoms with Gasteiger partial charge in [0.25, 0.3) is 0 Å². The summed E-state index contributed by atoms with van der Waals surface area (Å²) in [6, 6.07) is 2.09. The summed E-state index contributed by atoms with van der Waals surface area (Å²) in [5.74, 6) is 0. The minimum absolute atomic E-state index is 0.124. The maximum Gasteiger partial charge on any atom is 0.240 e. The lowest BCUT2D eigenvalue weighted by Gasteiger charge is -2.20. The van der Waals surface area contributed by atoms with Crippen molar-refractivity contribution in [2.45, 2.75) is 56.9 Å². The lowest BCUT2D eigenvalue weighted by atomic mass is 10.1. The number of nitriles is 1. The van der Waals surface area contributed by atoms with Crippen LogP contribution in [0.15, 0.2) is 0 Å². The molecule has 20 heavy (non-hydrogen) atoms. The number of ether oxygens (including phenoxy) is 4. The van der Waals surface area contributed by atoms with Crippen molar-refractivity contribution in [2.24, 2.45) is 0 Å². The fourth-order valence-electron chi connectivity index (χ4n) is 2.61. The molecule has 0 spiro atoms. The van der Waals surface area contributed by atoms with Crippen molar-refractivity contribution < 1.29 is 18.9 Å². The number of rotatable bonds is 6. The van der Waals surface area contributed by atoms with Crippen LogP contribution < -0.4 is 0 Å². The summed E-state index contributed by atoms with van der Waals surface area (Å²) in [4.78, 5) is 3.33. The van der Waals surface area contributed by atoms with Crippen LogP contribution in [0.4, 0.5) is 0 Å². The molecule has 0 aliphatic carbocycles. The fraction of sp³-hybridized carbons (Fsp3) is 0.857. The molecule has 2 saturated heterocycles. The van der Waals surface area contributed by atoms with Gasteiger partial charge in [0, 0.05) is 0 Å². The highest BCUT2D eigenvalue weighted by molar-refractivity contribution is 4.97. The molecule has 0 saturated carbocycles. The van der Waals surface area contributed by atoms with E-state index in [2.05, 4.69) is 10.9 Å². The summed E-state index contributed by atoms with van der Waals surface area (Å²) < 4.78 is 23.0. The Labute approximate surface area is 119 Å². The molecular formula is C14H20N2O4. The van der Waals surface area contributed by atoms with E-state index in [1.54, 1.807) is 0 Å².